The van der Waals surface area contributed by atoms with Crippen molar-refractivity contribution in [1.29, 1.82) is 0 Å². The normalized spacial score (nSPS) is 8.96. The van der Waals surface area contributed by atoms with Gasteiger partial charge in [-0.25, -0.2) is 0 Å². The van der Waals surface area contributed by atoms with Gasteiger partial charge >= 0.3 is 17.1 Å². The smallest absolute Gasteiger partial charge is 0.545 e. The summed E-state index contributed by atoms with van der Waals surface area (Å²) < 4.78 is 0. The van der Waals surface area contributed by atoms with Gasteiger partial charge in [0.05, 0.1) is 23.1 Å². The Morgan fingerprint density at radius 3 is 1.32 bits per heavy atom. The number of aromatic carboxylic acids is 2. The molecule has 0 aliphatic carbocycles. The maximum absolute atomic E-state index is 10.3. The van der Waals surface area contributed by atoms with Crippen LogP contribution in [0.3, 0.4) is 0 Å². The molecule has 25 heavy (non-hydrogen) atoms. The number of carboxylic acid groups (broad SMARTS) is 2. The molecule has 0 unspecified atom stereocenters. The number of benzene rings is 2. The summed E-state index contributed by atoms with van der Waals surface area (Å²) in [6.07, 6.45) is 0.754. The number of carbonyl (C=O) groups excluding carboxylic acids is 4. The number of aromatic hydroxyl groups is 2. The SMILES string of the molecule is O=Cc1cccc(C(=O)[O-])c1O.O=Cc1cccc(C(=O)[O-])c1O.[Cu+2]. The maximum Gasteiger partial charge on any atom is 2.00 e. The number of hydrogen-bond donors (Lipinski definition) is 2. The molecule has 0 spiro atoms. The van der Waals surface area contributed by atoms with Gasteiger partial charge in [0.2, 0.25) is 0 Å². The summed E-state index contributed by atoms with van der Waals surface area (Å²) in [6.45, 7) is 0. The molecule has 0 bridgehead atoms. The number of carboxylic acids is 2. The number of aldehydes is 2. The number of hydrogen-bond acceptors (Lipinski definition) is 8. The summed E-state index contributed by atoms with van der Waals surface area (Å²) in [5.41, 5.74) is -0.868. The first-order valence-corrected chi connectivity index (χ1v) is 6.30. The third kappa shape index (κ3) is 5.45. The summed E-state index contributed by atoms with van der Waals surface area (Å²) in [4.78, 5) is 41.1. The monoisotopic (exact) mass is 393 g/mol. The van der Waals surface area contributed by atoms with E-state index < -0.39 is 23.4 Å². The van der Waals surface area contributed by atoms with Crippen molar-refractivity contribution in [3.8, 4) is 11.5 Å². The van der Waals surface area contributed by atoms with Gasteiger partial charge in [-0.05, 0) is 24.3 Å². The second kappa shape index (κ2) is 9.86. The molecule has 133 valence electrons. The molecular weight excluding hydrogens is 384 g/mol. The van der Waals surface area contributed by atoms with Gasteiger partial charge in [-0.1, -0.05) is 12.1 Å². The molecule has 9 heteroatoms. The molecule has 2 rings (SSSR count). The fourth-order valence-electron chi connectivity index (χ4n) is 1.64. The van der Waals surface area contributed by atoms with Crippen LogP contribution in [0.4, 0.5) is 0 Å². The molecule has 8 nitrogen and oxygen atoms in total. The molecule has 0 aromatic heterocycles. The van der Waals surface area contributed by atoms with Crippen molar-refractivity contribution in [3.63, 3.8) is 0 Å². The van der Waals surface area contributed by atoms with Crippen molar-refractivity contribution in [3.05, 3.63) is 58.7 Å². The molecule has 0 aliphatic rings. The number of phenols is 2. The number of para-hydroxylation sites is 2. The molecule has 0 fully saturated rings. The van der Waals surface area contributed by atoms with E-state index in [0.29, 0.717) is 12.6 Å². The second-order valence-corrected chi connectivity index (χ2v) is 4.30. The van der Waals surface area contributed by atoms with Crippen molar-refractivity contribution in [2.45, 2.75) is 0 Å². The minimum Gasteiger partial charge on any atom is -0.545 e. The maximum atomic E-state index is 10.3. The van der Waals surface area contributed by atoms with Crippen LogP contribution in [-0.2, 0) is 17.1 Å². The summed E-state index contributed by atoms with van der Waals surface area (Å²) in [6, 6.07) is 7.67. The molecule has 0 saturated heterocycles. The van der Waals surface area contributed by atoms with Gasteiger partial charge in [-0.3, -0.25) is 9.59 Å². The van der Waals surface area contributed by atoms with Gasteiger partial charge in [-0.2, -0.15) is 0 Å². The van der Waals surface area contributed by atoms with Crippen LogP contribution < -0.4 is 10.2 Å². The second-order valence-electron chi connectivity index (χ2n) is 4.30. The van der Waals surface area contributed by atoms with Crippen LogP contribution >= 0.6 is 0 Å². The van der Waals surface area contributed by atoms with E-state index in [9.17, 15) is 29.4 Å². The Labute approximate surface area is 151 Å². The van der Waals surface area contributed by atoms with E-state index >= 15 is 0 Å². The first-order chi connectivity index (χ1) is 11.3. The van der Waals surface area contributed by atoms with Crippen LogP contribution in [0.5, 0.6) is 11.5 Å². The summed E-state index contributed by atoms with van der Waals surface area (Å²) in [5.74, 6) is -4.10. The third-order valence-electron chi connectivity index (χ3n) is 2.83. The predicted octanol–water partition coefficient (Wildman–Crippen LogP) is -0.866. The number of carbonyl (C=O) groups is 4. The first kappa shape index (κ1) is 21.8. The van der Waals surface area contributed by atoms with Crippen LogP contribution in [0.25, 0.3) is 0 Å². The molecule has 0 atom stereocenters. The van der Waals surface area contributed by atoms with E-state index in [0.717, 1.165) is 12.1 Å². The van der Waals surface area contributed by atoms with Crippen LogP contribution in [0.15, 0.2) is 36.4 Å². The van der Waals surface area contributed by atoms with Gasteiger partial charge in [0.1, 0.15) is 11.5 Å². The molecule has 0 heterocycles. The zero-order valence-electron chi connectivity index (χ0n) is 12.3. The van der Waals surface area contributed by atoms with E-state index in [1.165, 1.54) is 24.3 Å². The van der Waals surface area contributed by atoms with Crippen LogP contribution in [0.1, 0.15) is 41.4 Å². The van der Waals surface area contributed by atoms with Crippen LogP contribution in [0.2, 0.25) is 0 Å². The summed E-state index contributed by atoms with van der Waals surface area (Å²) in [7, 11) is 0. The Morgan fingerprint density at radius 2 is 1.08 bits per heavy atom. The van der Waals surface area contributed by atoms with Gasteiger partial charge in [0, 0.05) is 11.1 Å². The molecule has 0 amide bonds. The molecule has 0 saturated carbocycles. The Bertz CT molecular complexity index is 733. The molecule has 2 N–H and O–H groups in total. The topological polar surface area (TPSA) is 155 Å². The molecule has 2 aromatic carbocycles. The largest absolute Gasteiger partial charge is 2.00 e. The minimum atomic E-state index is -1.50. The van der Waals surface area contributed by atoms with E-state index in [1.54, 1.807) is 0 Å². The minimum absolute atomic E-state index is 0. The van der Waals surface area contributed by atoms with E-state index in [4.69, 9.17) is 10.2 Å². The first-order valence-electron chi connectivity index (χ1n) is 6.30. The van der Waals surface area contributed by atoms with Gasteiger partial charge in [-0.15, -0.1) is 0 Å². The third-order valence-corrected chi connectivity index (χ3v) is 2.83. The molecule has 1 radical (unpaired) electrons. The molecular formula is C16H10CuO8. The van der Waals surface area contributed by atoms with E-state index in [2.05, 4.69) is 0 Å². The van der Waals surface area contributed by atoms with Crippen molar-refractivity contribution >= 4 is 24.5 Å². The van der Waals surface area contributed by atoms with E-state index in [-0.39, 0.29) is 39.3 Å². The molecule has 2 aromatic rings. The van der Waals surface area contributed by atoms with Crippen molar-refractivity contribution in [2.24, 2.45) is 0 Å². The van der Waals surface area contributed by atoms with Crippen molar-refractivity contribution in [2.75, 3.05) is 0 Å². The fraction of sp³-hybridized carbons (Fsp3) is 0. The van der Waals surface area contributed by atoms with Gasteiger partial charge < -0.3 is 30.0 Å². The Kier molecular flexibility index (Phi) is 8.62. The standard InChI is InChI=1S/2C8H6O4.Cu/c2*9-4-5-2-1-3-6(7(5)10)8(11)12;/h2*1-4,10H,(H,11,12);/q;;+2/p-2. The Morgan fingerprint density at radius 1 is 0.760 bits per heavy atom. The van der Waals surface area contributed by atoms with Crippen LogP contribution in [-0.4, -0.2) is 34.7 Å². The fourth-order valence-corrected chi connectivity index (χ4v) is 1.64. The van der Waals surface area contributed by atoms with Crippen molar-refractivity contribution in [1.82, 2.24) is 0 Å². The summed E-state index contributed by atoms with van der Waals surface area (Å²) >= 11 is 0. The predicted molar refractivity (Wildman–Crippen MR) is 75.6 cm³/mol. The quantitative estimate of drug-likeness (QED) is 0.501. The molecule has 0 aliphatic heterocycles. The average molecular weight is 394 g/mol. The van der Waals surface area contributed by atoms with Crippen LogP contribution in [0, 0.1) is 0 Å². The zero-order chi connectivity index (χ0) is 18.3. The number of rotatable bonds is 4. The Hall–Kier alpha value is -3.16. The zero-order valence-corrected chi connectivity index (χ0v) is 13.2. The Balaban J connectivity index is 0.000000443. The average Bonchev–Trinajstić information content (AvgIpc) is 2.55. The summed E-state index contributed by atoms with van der Waals surface area (Å²) in [5, 5.41) is 38.8. The van der Waals surface area contributed by atoms with Crippen molar-refractivity contribution < 1.29 is 56.7 Å². The van der Waals surface area contributed by atoms with Gasteiger partial charge in [0.25, 0.3) is 0 Å². The van der Waals surface area contributed by atoms with E-state index in [1.807, 2.05) is 0 Å². The van der Waals surface area contributed by atoms with Gasteiger partial charge in [0.15, 0.2) is 12.6 Å².